The molecule has 0 radical (unpaired) electrons. The van der Waals surface area contributed by atoms with E-state index in [9.17, 15) is 9.90 Å². The number of rotatable bonds is 3. The Hall–Kier alpha value is -2.99. The van der Waals surface area contributed by atoms with Crippen molar-refractivity contribution in [1.82, 2.24) is 4.90 Å². The fourth-order valence-corrected chi connectivity index (χ4v) is 4.55. The molecule has 2 aliphatic heterocycles. The van der Waals surface area contributed by atoms with Gasteiger partial charge in [0.25, 0.3) is 0 Å². The van der Waals surface area contributed by atoms with Gasteiger partial charge in [-0.3, -0.25) is 4.90 Å². The minimum atomic E-state index is -0.391. The second-order valence-electron chi connectivity index (χ2n) is 8.06. The summed E-state index contributed by atoms with van der Waals surface area (Å²) < 4.78 is 17.0. The predicted octanol–water partition coefficient (Wildman–Crippen LogP) is 4.31. The Kier molecular flexibility index (Phi) is 4.87. The van der Waals surface area contributed by atoms with Crippen molar-refractivity contribution in [2.75, 3.05) is 19.8 Å². The SMILES string of the molecule is Cc1c(O)ccc2c(CN3CCC[C@H]3c3ccc4c(c3)OCCCO4)cc(=O)oc12. The number of aryl methyl sites for hydroxylation is 1. The molecule has 5 rings (SSSR count). The van der Waals surface area contributed by atoms with E-state index in [-0.39, 0.29) is 11.8 Å². The van der Waals surface area contributed by atoms with Crippen molar-refractivity contribution in [3.8, 4) is 17.2 Å². The predicted molar refractivity (Wildman–Crippen MR) is 113 cm³/mol. The number of ether oxygens (including phenoxy) is 2. The normalized spacial score (nSPS) is 19.2. The van der Waals surface area contributed by atoms with Gasteiger partial charge in [-0.15, -0.1) is 0 Å². The van der Waals surface area contributed by atoms with Crippen molar-refractivity contribution in [3.05, 3.63) is 63.5 Å². The molecule has 2 aromatic carbocycles. The Morgan fingerprint density at radius 2 is 1.90 bits per heavy atom. The molecule has 2 aliphatic rings. The third kappa shape index (κ3) is 3.41. The highest BCUT2D eigenvalue weighted by Gasteiger charge is 2.28. The van der Waals surface area contributed by atoms with Gasteiger partial charge >= 0.3 is 5.63 Å². The van der Waals surface area contributed by atoms with Crippen LogP contribution in [-0.4, -0.2) is 29.8 Å². The van der Waals surface area contributed by atoms with Crippen molar-refractivity contribution in [1.29, 1.82) is 0 Å². The molecule has 6 nitrogen and oxygen atoms in total. The molecule has 1 atom stereocenters. The Bertz CT molecular complexity index is 1150. The lowest BCUT2D eigenvalue weighted by atomic mass is 10.0. The van der Waals surface area contributed by atoms with Gasteiger partial charge in [-0.1, -0.05) is 6.07 Å². The summed E-state index contributed by atoms with van der Waals surface area (Å²) in [5, 5.41) is 10.9. The van der Waals surface area contributed by atoms with Crippen molar-refractivity contribution < 1.29 is 19.0 Å². The van der Waals surface area contributed by atoms with E-state index in [0.717, 1.165) is 48.3 Å². The number of fused-ring (bicyclic) bond motifs is 2. The summed E-state index contributed by atoms with van der Waals surface area (Å²) in [5.41, 5.74) is 2.79. The zero-order valence-electron chi connectivity index (χ0n) is 17.0. The third-order valence-corrected chi connectivity index (χ3v) is 6.11. The molecule has 1 N–H and O–H groups in total. The van der Waals surface area contributed by atoms with Crippen LogP contribution in [0.4, 0.5) is 0 Å². The zero-order chi connectivity index (χ0) is 20.7. The van der Waals surface area contributed by atoms with E-state index in [1.54, 1.807) is 19.1 Å². The lowest BCUT2D eigenvalue weighted by Gasteiger charge is -2.26. The number of aromatic hydroxyl groups is 1. The molecule has 30 heavy (non-hydrogen) atoms. The molecule has 1 aromatic heterocycles. The van der Waals surface area contributed by atoms with E-state index < -0.39 is 5.63 Å². The molecule has 156 valence electrons. The van der Waals surface area contributed by atoms with Crippen molar-refractivity contribution in [2.24, 2.45) is 0 Å². The van der Waals surface area contributed by atoms with Crippen molar-refractivity contribution >= 4 is 11.0 Å². The number of hydrogen-bond acceptors (Lipinski definition) is 6. The van der Waals surface area contributed by atoms with E-state index in [1.807, 2.05) is 12.1 Å². The standard InChI is InChI=1S/C24H25NO5/c1-15-20(26)7-6-18-17(13-23(27)30-24(15)18)14-25-9-2-4-19(25)16-5-8-21-22(12-16)29-11-3-10-28-21/h5-8,12-13,19,26H,2-4,9-11,14H2,1H3/t19-/m0/s1. The Labute approximate surface area is 174 Å². The first kappa shape index (κ1) is 19.0. The minimum Gasteiger partial charge on any atom is -0.508 e. The van der Waals surface area contributed by atoms with Crippen LogP contribution < -0.4 is 15.1 Å². The van der Waals surface area contributed by atoms with Gasteiger partial charge in [-0.05, 0) is 61.7 Å². The molecule has 1 saturated heterocycles. The third-order valence-electron chi connectivity index (χ3n) is 6.11. The molecule has 0 amide bonds. The van der Waals surface area contributed by atoms with Gasteiger partial charge in [0, 0.05) is 36.0 Å². The average Bonchev–Trinajstić information content (AvgIpc) is 3.06. The van der Waals surface area contributed by atoms with Crippen LogP contribution in [0.1, 0.15) is 42.0 Å². The molecule has 0 spiro atoms. The Morgan fingerprint density at radius 1 is 1.07 bits per heavy atom. The van der Waals surface area contributed by atoms with E-state index in [0.29, 0.717) is 30.9 Å². The Morgan fingerprint density at radius 3 is 2.77 bits per heavy atom. The summed E-state index contributed by atoms with van der Waals surface area (Å²) in [5.74, 6) is 1.76. The van der Waals surface area contributed by atoms with Crippen LogP contribution in [-0.2, 0) is 6.54 Å². The molecule has 3 aromatic rings. The first-order valence-corrected chi connectivity index (χ1v) is 10.5. The van der Waals surface area contributed by atoms with Crippen molar-refractivity contribution in [2.45, 2.75) is 38.8 Å². The lowest BCUT2D eigenvalue weighted by Crippen LogP contribution is -2.23. The molecular weight excluding hydrogens is 382 g/mol. The summed E-state index contributed by atoms with van der Waals surface area (Å²) in [7, 11) is 0. The second-order valence-corrected chi connectivity index (χ2v) is 8.06. The van der Waals surface area contributed by atoms with Crippen LogP contribution in [0.5, 0.6) is 17.2 Å². The molecule has 1 fully saturated rings. The van der Waals surface area contributed by atoms with E-state index >= 15 is 0 Å². The van der Waals surface area contributed by atoms with Gasteiger partial charge in [0.2, 0.25) is 0 Å². The zero-order valence-corrected chi connectivity index (χ0v) is 17.0. The number of phenolic OH excluding ortho intramolecular Hbond substituents is 1. The smallest absolute Gasteiger partial charge is 0.336 e. The summed E-state index contributed by atoms with van der Waals surface area (Å²) >= 11 is 0. The first-order chi connectivity index (χ1) is 14.6. The summed E-state index contributed by atoms with van der Waals surface area (Å²) in [6, 6.07) is 11.5. The number of phenols is 1. The maximum absolute atomic E-state index is 12.2. The maximum atomic E-state index is 12.2. The van der Waals surface area contributed by atoms with E-state index in [2.05, 4.69) is 17.0 Å². The van der Waals surface area contributed by atoms with Gasteiger partial charge in [0.05, 0.1) is 13.2 Å². The van der Waals surface area contributed by atoms with Crippen LogP contribution in [0.25, 0.3) is 11.0 Å². The number of likely N-dealkylation sites (tertiary alicyclic amines) is 1. The van der Waals surface area contributed by atoms with E-state index in [1.165, 1.54) is 5.56 Å². The van der Waals surface area contributed by atoms with Gasteiger partial charge < -0.3 is 19.0 Å². The highest BCUT2D eigenvalue weighted by Crippen LogP contribution is 2.39. The lowest BCUT2D eigenvalue weighted by molar-refractivity contribution is 0.248. The highest BCUT2D eigenvalue weighted by molar-refractivity contribution is 5.84. The van der Waals surface area contributed by atoms with Crippen LogP contribution in [0.3, 0.4) is 0 Å². The molecule has 3 heterocycles. The second kappa shape index (κ2) is 7.69. The van der Waals surface area contributed by atoms with Crippen LogP contribution in [0.15, 0.2) is 45.6 Å². The summed E-state index contributed by atoms with van der Waals surface area (Å²) in [6.07, 6.45) is 3.04. The summed E-state index contributed by atoms with van der Waals surface area (Å²) in [4.78, 5) is 14.6. The Balaban J connectivity index is 1.48. The molecule has 0 unspecified atom stereocenters. The van der Waals surface area contributed by atoms with E-state index in [4.69, 9.17) is 13.9 Å². The number of nitrogens with zero attached hydrogens (tertiary/aromatic N) is 1. The fraction of sp³-hybridized carbons (Fsp3) is 0.375. The van der Waals surface area contributed by atoms with Crippen LogP contribution in [0.2, 0.25) is 0 Å². The number of hydrogen-bond donors (Lipinski definition) is 1. The molecule has 0 aliphatic carbocycles. The average molecular weight is 407 g/mol. The fourth-order valence-electron chi connectivity index (χ4n) is 4.55. The number of benzene rings is 2. The molecule has 0 bridgehead atoms. The largest absolute Gasteiger partial charge is 0.508 e. The quantitative estimate of drug-likeness (QED) is 0.653. The molecule has 6 heteroatoms. The van der Waals surface area contributed by atoms with Crippen LogP contribution >= 0.6 is 0 Å². The minimum absolute atomic E-state index is 0.133. The molecular formula is C24H25NO5. The van der Waals surface area contributed by atoms with Crippen LogP contribution in [0, 0.1) is 6.92 Å². The van der Waals surface area contributed by atoms with Gasteiger partial charge in [-0.2, -0.15) is 0 Å². The first-order valence-electron chi connectivity index (χ1n) is 10.5. The van der Waals surface area contributed by atoms with Gasteiger partial charge in [0.15, 0.2) is 11.5 Å². The topological polar surface area (TPSA) is 72.1 Å². The van der Waals surface area contributed by atoms with Gasteiger partial charge in [-0.25, -0.2) is 4.79 Å². The van der Waals surface area contributed by atoms with Crippen molar-refractivity contribution in [3.63, 3.8) is 0 Å². The summed E-state index contributed by atoms with van der Waals surface area (Å²) in [6.45, 7) is 4.72. The highest BCUT2D eigenvalue weighted by atomic mass is 16.5. The maximum Gasteiger partial charge on any atom is 0.336 e. The monoisotopic (exact) mass is 407 g/mol. The van der Waals surface area contributed by atoms with Gasteiger partial charge in [0.1, 0.15) is 11.3 Å². The molecule has 0 saturated carbocycles.